The molecule has 2 nitrogen and oxygen atoms in total. The van der Waals surface area contributed by atoms with Gasteiger partial charge in [0.1, 0.15) is 11.5 Å². The van der Waals surface area contributed by atoms with Crippen molar-refractivity contribution >= 4 is 15.9 Å². The summed E-state index contributed by atoms with van der Waals surface area (Å²) in [5.74, 6) is 1.98. The molecule has 3 heteroatoms. The third-order valence-corrected chi connectivity index (χ3v) is 4.01. The second-order valence-corrected chi connectivity index (χ2v) is 6.55. The average Bonchev–Trinajstić information content (AvgIpc) is 2.40. The molecule has 21 heavy (non-hydrogen) atoms. The molecule has 0 heterocycles. The number of hydrogen-bond acceptors (Lipinski definition) is 2. The summed E-state index contributed by atoms with van der Waals surface area (Å²) < 4.78 is 6.89. The quantitative estimate of drug-likeness (QED) is 0.764. The lowest BCUT2D eigenvalue weighted by atomic mass is 9.98. The molecule has 2 aromatic rings. The molecule has 0 amide bonds. The number of aliphatic hydroxyl groups is 1. The van der Waals surface area contributed by atoms with Crippen LogP contribution >= 0.6 is 15.9 Å². The van der Waals surface area contributed by atoms with Crippen molar-refractivity contribution < 1.29 is 9.84 Å². The van der Waals surface area contributed by atoms with Crippen LogP contribution < -0.4 is 4.74 Å². The SMILES string of the molecule is Cc1cc(Oc2ccc(Br)cc2C(C)O)ccc1C(C)C. The minimum Gasteiger partial charge on any atom is -0.457 e. The predicted octanol–water partition coefficient (Wildman–Crippen LogP) is 5.73. The molecule has 0 fully saturated rings. The molecule has 0 radical (unpaired) electrons. The maximum absolute atomic E-state index is 9.88. The number of benzene rings is 2. The van der Waals surface area contributed by atoms with Crippen molar-refractivity contribution in [3.05, 3.63) is 57.6 Å². The number of ether oxygens (including phenoxy) is 1. The fourth-order valence-electron chi connectivity index (χ4n) is 2.43. The molecule has 0 spiro atoms. The summed E-state index contributed by atoms with van der Waals surface area (Å²) in [7, 11) is 0. The number of aliphatic hydroxyl groups excluding tert-OH is 1. The van der Waals surface area contributed by atoms with E-state index in [1.807, 2.05) is 30.3 Å². The molecule has 1 unspecified atom stereocenters. The van der Waals surface area contributed by atoms with Crippen LogP contribution in [0.4, 0.5) is 0 Å². The molecule has 2 aromatic carbocycles. The number of halogens is 1. The van der Waals surface area contributed by atoms with Crippen molar-refractivity contribution in [2.45, 2.75) is 39.7 Å². The largest absolute Gasteiger partial charge is 0.457 e. The Morgan fingerprint density at radius 3 is 2.29 bits per heavy atom. The molecular weight excluding hydrogens is 328 g/mol. The van der Waals surface area contributed by atoms with Gasteiger partial charge in [-0.3, -0.25) is 0 Å². The van der Waals surface area contributed by atoms with Crippen molar-refractivity contribution in [1.29, 1.82) is 0 Å². The summed E-state index contributed by atoms with van der Waals surface area (Å²) in [6, 6.07) is 11.8. The van der Waals surface area contributed by atoms with Crippen LogP contribution in [0.1, 0.15) is 49.5 Å². The van der Waals surface area contributed by atoms with E-state index < -0.39 is 6.10 Å². The van der Waals surface area contributed by atoms with Crippen LogP contribution in [0.3, 0.4) is 0 Å². The highest BCUT2D eigenvalue weighted by atomic mass is 79.9. The molecule has 0 saturated heterocycles. The van der Waals surface area contributed by atoms with Gasteiger partial charge in [-0.1, -0.05) is 35.8 Å². The van der Waals surface area contributed by atoms with E-state index in [4.69, 9.17) is 4.74 Å². The van der Waals surface area contributed by atoms with Gasteiger partial charge in [-0.05, 0) is 61.2 Å². The Morgan fingerprint density at radius 2 is 1.71 bits per heavy atom. The fourth-order valence-corrected chi connectivity index (χ4v) is 2.80. The Balaban J connectivity index is 2.32. The van der Waals surface area contributed by atoms with Crippen LogP contribution in [-0.2, 0) is 0 Å². The van der Waals surface area contributed by atoms with Gasteiger partial charge in [-0.15, -0.1) is 0 Å². The first-order valence-corrected chi connectivity index (χ1v) is 7.93. The molecule has 2 rings (SSSR count). The highest BCUT2D eigenvalue weighted by molar-refractivity contribution is 9.10. The zero-order chi connectivity index (χ0) is 15.6. The summed E-state index contributed by atoms with van der Waals surface area (Å²) in [5, 5.41) is 9.88. The Bertz CT molecular complexity index is 633. The minimum atomic E-state index is -0.575. The summed E-state index contributed by atoms with van der Waals surface area (Å²) >= 11 is 3.42. The van der Waals surface area contributed by atoms with Crippen LogP contribution in [0, 0.1) is 6.92 Å². The predicted molar refractivity (Wildman–Crippen MR) is 90.1 cm³/mol. The molecule has 0 saturated carbocycles. The number of hydrogen-bond donors (Lipinski definition) is 1. The van der Waals surface area contributed by atoms with E-state index >= 15 is 0 Å². The van der Waals surface area contributed by atoms with E-state index in [-0.39, 0.29) is 0 Å². The Labute approximate surface area is 134 Å². The lowest BCUT2D eigenvalue weighted by Crippen LogP contribution is -1.97. The monoisotopic (exact) mass is 348 g/mol. The first-order valence-electron chi connectivity index (χ1n) is 7.14. The van der Waals surface area contributed by atoms with Gasteiger partial charge >= 0.3 is 0 Å². The van der Waals surface area contributed by atoms with Gasteiger partial charge in [0.2, 0.25) is 0 Å². The summed E-state index contributed by atoms with van der Waals surface area (Å²) in [5.41, 5.74) is 3.32. The van der Waals surface area contributed by atoms with Crippen molar-refractivity contribution in [3.8, 4) is 11.5 Å². The first-order chi connectivity index (χ1) is 9.88. The Kier molecular flexibility index (Phi) is 5.07. The van der Waals surface area contributed by atoms with Gasteiger partial charge in [-0.2, -0.15) is 0 Å². The van der Waals surface area contributed by atoms with Gasteiger partial charge in [0.15, 0.2) is 0 Å². The van der Waals surface area contributed by atoms with E-state index in [0.717, 1.165) is 15.8 Å². The van der Waals surface area contributed by atoms with Crippen LogP contribution in [0.2, 0.25) is 0 Å². The van der Waals surface area contributed by atoms with Crippen molar-refractivity contribution in [2.75, 3.05) is 0 Å². The maximum atomic E-state index is 9.88. The van der Waals surface area contributed by atoms with Crippen LogP contribution in [0.5, 0.6) is 11.5 Å². The average molecular weight is 349 g/mol. The number of aryl methyl sites for hydroxylation is 1. The Morgan fingerprint density at radius 1 is 1.00 bits per heavy atom. The third kappa shape index (κ3) is 3.86. The maximum Gasteiger partial charge on any atom is 0.133 e. The fraction of sp³-hybridized carbons (Fsp3) is 0.333. The van der Waals surface area contributed by atoms with Gasteiger partial charge in [0, 0.05) is 10.0 Å². The summed E-state index contributed by atoms with van der Waals surface area (Å²) in [4.78, 5) is 0. The van der Waals surface area contributed by atoms with Gasteiger partial charge < -0.3 is 9.84 Å². The third-order valence-electron chi connectivity index (χ3n) is 3.51. The van der Waals surface area contributed by atoms with E-state index in [1.54, 1.807) is 6.92 Å². The molecule has 0 bridgehead atoms. The van der Waals surface area contributed by atoms with Gasteiger partial charge in [0.25, 0.3) is 0 Å². The van der Waals surface area contributed by atoms with Gasteiger partial charge in [0.05, 0.1) is 6.10 Å². The van der Waals surface area contributed by atoms with Crippen molar-refractivity contribution in [1.82, 2.24) is 0 Å². The van der Waals surface area contributed by atoms with E-state index in [9.17, 15) is 5.11 Å². The summed E-state index contributed by atoms with van der Waals surface area (Å²) in [6.07, 6.45) is -0.575. The molecule has 1 atom stereocenters. The van der Waals surface area contributed by atoms with E-state index in [0.29, 0.717) is 11.7 Å². The van der Waals surface area contributed by atoms with Crippen molar-refractivity contribution in [3.63, 3.8) is 0 Å². The van der Waals surface area contributed by atoms with Crippen molar-refractivity contribution in [2.24, 2.45) is 0 Å². The molecular formula is C18H21BrO2. The normalized spacial score (nSPS) is 12.5. The minimum absolute atomic E-state index is 0.500. The summed E-state index contributed by atoms with van der Waals surface area (Å²) in [6.45, 7) is 8.20. The lowest BCUT2D eigenvalue weighted by molar-refractivity contribution is 0.195. The zero-order valence-electron chi connectivity index (χ0n) is 12.9. The molecule has 0 aliphatic heterocycles. The zero-order valence-corrected chi connectivity index (χ0v) is 14.4. The smallest absolute Gasteiger partial charge is 0.133 e. The first kappa shape index (κ1) is 16.1. The molecule has 1 N–H and O–H groups in total. The second-order valence-electron chi connectivity index (χ2n) is 5.63. The molecule has 0 aliphatic rings. The highest BCUT2D eigenvalue weighted by Gasteiger charge is 2.12. The van der Waals surface area contributed by atoms with E-state index in [2.05, 4.69) is 42.8 Å². The Hall–Kier alpha value is -1.32. The van der Waals surface area contributed by atoms with Crippen LogP contribution in [-0.4, -0.2) is 5.11 Å². The van der Waals surface area contributed by atoms with E-state index in [1.165, 1.54) is 11.1 Å². The van der Waals surface area contributed by atoms with Crippen LogP contribution in [0.25, 0.3) is 0 Å². The molecule has 0 aromatic heterocycles. The lowest BCUT2D eigenvalue weighted by Gasteiger charge is -2.16. The topological polar surface area (TPSA) is 29.5 Å². The number of rotatable bonds is 4. The standard InChI is InChI=1S/C18H21BrO2/c1-11(2)16-7-6-15(9-12(16)3)21-18-8-5-14(19)10-17(18)13(4)20/h5-11,13,20H,1-4H3. The van der Waals surface area contributed by atoms with Gasteiger partial charge in [-0.25, -0.2) is 0 Å². The molecule has 112 valence electrons. The second kappa shape index (κ2) is 6.63. The van der Waals surface area contributed by atoms with Crippen LogP contribution in [0.15, 0.2) is 40.9 Å². The molecule has 0 aliphatic carbocycles. The highest BCUT2D eigenvalue weighted by Crippen LogP contribution is 2.33.